The maximum Gasteiger partial charge on any atom is 0.303 e. The van der Waals surface area contributed by atoms with Gasteiger partial charge in [-0.1, -0.05) is 36.8 Å². The summed E-state index contributed by atoms with van der Waals surface area (Å²) in [7, 11) is 0. The smallest absolute Gasteiger partial charge is 0.303 e. The average Bonchev–Trinajstić information content (AvgIpc) is 2.63. The summed E-state index contributed by atoms with van der Waals surface area (Å²) < 4.78 is 0. The summed E-state index contributed by atoms with van der Waals surface area (Å²) >= 11 is 0. The first-order valence-electron chi connectivity index (χ1n) is 8.38. The van der Waals surface area contributed by atoms with Crippen LogP contribution in [0.2, 0.25) is 0 Å². The number of benzene rings is 1. The van der Waals surface area contributed by atoms with E-state index in [1.54, 1.807) is 24.3 Å². The average molecular weight is 356 g/mol. The maximum atomic E-state index is 12.4. The third-order valence-corrected chi connectivity index (χ3v) is 4.17. The second-order valence-electron chi connectivity index (χ2n) is 6.57. The number of carbonyl (C=O) groups excluding carboxylic acids is 1. The summed E-state index contributed by atoms with van der Waals surface area (Å²) in [6, 6.07) is 6.93. The number of nitrogens with zero attached hydrogens (tertiary/aromatic N) is 1. The number of nitrogens with one attached hydrogen (secondary N) is 2. The fraction of sp³-hybridized carbons (Fsp3) is 0.316. The topological polar surface area (TPSA) is 117 Å². The Morgan fingerprint density at radius 1 is 1.42 bits per heavy atom. The Labute approximate surface area is 152 Å². The molecule has 0 saturated carbocycles. The van der Waals surface area contributed by atoms with Crippen LogP contribution in [0.15, 0.2) is 53.1 Å². The number of nitrogens with two attached hydrogens (primary N) is 1. The lowest BCUT2D eigenvalue weighted by molar-refractivity contribution is -0.136. The summed E-state index contributed by atoms with van der Waals surface area (Å²) in [4.78, 5) is 27.2. The van der Waals surface area contributed by atoms with Gasteiger partial charge in [-0.3, -0.25) is 9.59 Å². The number of carboxylic acid groups (broad SMARTS) is 1. The van der Waals surface area contributed by atoms with Crippen molar-refractivity contribution in [2.45, 2.75) is 26.2 Å². The van der Waals surface area contributed by atoms with Crippen LogP contribution in [-0.4, -0.2) is 29.9 Å². The lowest BCUT2D eigenvalue weighted by Crippen LogP contribution is -2.35. The molecule has 1 aromatic rings. The molecular weight excluding hydrogens is 332 g/mol. The number of aliphatic carboxylic acids is 1. The maximum absolute atomic E-state index is 12.4. The molecule has 1 unspecified atom stereocenters. The number of carbonyl (C=O) groups is 2. The second-order valence-corrected chi connectivity index (χ2v) is 6.57. The Balaban J connectivity index is 1.94. The first kappa shape index (κ1) is 19.4. The van der Waals surface area contributed by atoms with Crippen molar-refractivity contribution in [1.82, 2.24) is 10.7 Å². The fourth-order valence-corrected chi connectivity index (χ4v) is 2.84. The predicted molar refractivity (Wildman–Crippen MR) is 101 cm³/mol. The van der Waals surface area contributed by atoms with Crippen LogP contribution >= 0.6 is 0 Å². The molecule has 0 aromatic heterocycles. The highest BCUT2D eigenvalue weighted by molar-refractivity contribution is 5.95. The van der Waals surface area contributed by atoms with E-state index in [9.17, 15) is 9.59 Å². The molecule has 7 nitrogen and oxygen atoms in total. The van der Waals surface area contributed by atoms with Crippen LogP contribution in [0.4, 0.5) is 5.69 Å². The van der Waals surface area contributed by atoms with E-state index in [2.05, 4.69) is 15.7 Å². The van der Waals surface area contributed by atoms with E-state index in [-0.39, 0.29) is 17.7 Å². The molecule has 5 N–H and O–H groups in total. The molecule has 1 aromatic carbocycles. The van der Waals surface area contributed by atoms with Gasteiger partial charge in [0, 0.05) is 23.9 Å². The number of amides is 1. The molecule has 0 spiro atoms. The summed E-state index contributed by atoms with van der Waals surface area (Å²) in [5, 5.41) is 11.8. The number of hydrogen-bond acceptors (Lipinski definition) is 4. The highest BCUT2D eigenvalue weighted by Gasteiger charge is 2.25. The first-order valence-corrected chi connectivity index (χ1v) is 8.38. The van der Waals surface area contributed by atoms with Crippen LogP contribution in [-0.2, 0) is 4.79 Å². The van der Waals surface area contributed by atoms with Gasteiger partial charge >= 0.3 is 5.97 Å². The van der Waals surface area contributed by atoms with Gasteiger partial charge in [0.15, 0.2) is 0 Å². The second kappa shape index (κ2) is 8.96. The highest BCUT2D eigenvalue weighted by Crippen LogP contribution is 2.32. The minimum absolute atomic E-state index is 0.118. The molecule has 1 aliphatic rings. The van der Waals surface area contributed by atoms with E-state index >= 15 is 0 Å². The van der Waals surface area contributed by atoms with Gasteiger partial charge in [0.2, 0.25) is 0 Å². The molecule has 0 radical (unpaired) electrons. The third-order valence-electron chi connectivity index (χ3n) is 4.17. The summed E-state index contributed by atoms with van der Waals surface area (Å²) in [5.74, 6) is 4.16. The third kappa shape index (κ3) is 5.86. The number of hydrogen-bond donors (Lipinski definition) is 4. The van der Waals surface area contributed by atoms with E-state index in [1.807, 2.05) is 25.2 Å². The molecule has 1 aliphatic carbocycles. The van der Waals surface area contributed by atoms with E-state index in [4.69, 9.17) is 10.9 Å². The lowest BCUT2D eigenvalue weighted by atomic mass is 9.79. The number of carboxylic acids is 1. The van der Waals surface area contributed by atoms with Crippen molar-refractivity contribution in [3.05, 3.63) is 53.6 Å². The largest absolute Gasteiger partial charge is 0.481 e. The summed E-state index contributed by atoms with van der Waals surface area (Å²) in [6.45, 7) is 2.51. The monoisotopic (exact) mass is 356 g/mol. The van der Waals surface area contributed by atoms with Crippen LogP contribution < -0.4 is 16.6 Å². The van der Waals surface area contributed by atoms with Crippen molar-refractivity contribution >= 4 is 23.9 Å². The molecule has 1 amide bonds. The van der Waals surface area contributed by atoms with E-state index in [0.29, 0.717) is 24.2 Å². The van der Waals surface area contributed by atoms with Crippen molar-refractivity contribution in [1.29, 1.82) is 0 Å². The Morgan fingerprint density at radius 3 is 2.96 bits per heavy atom. The molecule has 0 bridgehead atoms. The van der Waals surface area contributed by atoms with Gasteiger partial charge in [0.1, 0.15) is 6.34 Å². The predicted octanol–water partition coefficient (Wildman–Crippen LogP) is 2.30. The molecule has 138 valence electrons. The molecule has 0 aliphatic heterocycles. The molecule has 1 atom stereocenters. The van der Waals surface area contributed by atoms with Gasteiger partial charge in [0.05, 0.1) is 5.69 Å². The lowest BCUT2D eigenvalue weighted by Gasteiger charge is -2.30. The number of hydrazine groups is 1. The molecule has 7 heteroatoms. The Kier molecular flexibility index (Phi) is 6.68. The van der Waals surface area contributed by atoms with Crippen molar-refractivity contribution < 1.29 is 14.7 Å². The minimum Gasteiger partial charge on any atom is -0.481 e. The first-order chi connectivity index (χ1) is 12.4. The summed E-state index contributed by atoms with van der Waals surface area (Å²) in [5.41, 5.74) is 4.30. The van der Waals surface area contributed by atoms with Gasteiger partial charge in [-0.15, -0.1) is 0 Å². The number of aliphatic imine (C=N–C) groups is 1. The van der Waals surface area contributed by atoms with Gasteiger partial charge in [-0.25, -0.2) is 10.8 Å². The molecule has 0 fully saturated rings. The fourth-order valence-electron chi connectivity index (χ4n) is 2.84. The van der Waals surface area contributed by atoms with Gasteiger partial charge in [-0.2, -0.15) is 0 Å². The van der Waals surface area contributed by atoms with Crippen LogP contribution in [0.25, 0.3) is 0 Å². The SMILES string of the molecule is CC1(CNC(=O)c2cccc(N=CNN)c2)C=CC=C(CCC(=O)O)C1. The normalized spacial score (nSPS) is 19.2. The minimum atomic E-state index is -0.803. The van der Waals surface area contributed by atoms with Gasteiger partial charge in [0.25, 0.3) is 5.91 Å². The van der Waals surface area contributed by atoms with Gasteiger partial charge < -0.3 is 15.8 Å². The number of rotatable bonds is 8. The zero-order valence-corrected chi connectivity index (χ0v) is 14.7. The van der Waals surface area contributed by atoms with Crippen LogP contribution in [0.3, 0.4) is 0 Å². The quantitative estimate of drug-likeness (QED) is 0.247. The Morgan fingerprint density at radius 2 is 2.23 bits per heavy atom. The van der Waals surface area contributed by atoms with E-state index < -0.39 is 5.97 Å². The zero-order valence-electron chi connectivity index (χ0n) is 14.7. The van der Waals surface area contributed by atoms with Crippen molar-refractivity contribution in [2.75, 3.05) is 6.54 Å². The zero-order chi connectivity index (χ0) is 19.0. The summed E-state index contributed by atoms with van der Waals surface area (Å²) in [6.07, 6.45) is 8.65. The Hall–Kier alpha value is -2.93. The van der Waals surface area contributed by atoms with Gasteiger partial charge in [-0.05, 0) is 31.0 Å². The van der Waals surface area contributed by atoms with Crippen LogP contribution in [0.5, 0.6) is 0 Å². The molecule has 2 rings (SSSR count). The standard InChI is InChI=1S/C19H24N4O3/c1-19(9-3-4-14(11-19)7-8-17(24)25)12-21-18(26)15-5-2-6-16(10-15)22-13-23-20/h2-6,9-10,13H,7-8,11-12,20H2,1H3,(H,21,26)(H,22,23)(H,24,25). The van der Waals surface area contributed by atoms with Crippen molar-refractivity contribution in [3.63, 3.8) is 0 Å². The molecule has 26 heavy (non-hydrogen) atoms. The highest BCUT2D eigenvalue weighted by atomic mass is 16.4. The molecule has 0 saturated heterocycles. The van der Waals surface area contributed by atoms with E-state index in [0.717, 1.165) is 12.0 Å². The van der Waals surface area contributed by atoms with Crippen LogP contribution in [0, 0.1) is 5.41 Å². The van der Waals surface area contributed by atoms with Crippen molar-refractivity contribution in [3.8, 4) is 0 Å². The molecule has 0 heterocycles. The Bertz CT molecular complexity index is 755. The number of allylic oxidation sites excluding steroid dienone is 3. The van der Waals surface area contributed by atoms with E-state index in [1.165, 1.54) is 6.34 Å². The van der Waals surface area contributed by atoms with Crippen molar-refractivity contribution in [2.24, 2.45) is 16.3 Å². The molecular formula is C19H24N4O3. The van der Waals surface area contributed by atoms with Crippen LogP contribution in [0.1, 0.15) is 36.5 Å².